The van der Waals surface area contributed by atoms with Crippen LogP contribution in [0, 0.1) is 11.3 Å². The van der Waals surface area contributed by atoms with Gasteiger partial charge in [0.15, 0.2) is 11.5 Å². The van der Waals surface area contributed by atoms with Crippen molar-refractivity contribution in [2.45, 2.75) is 0 Å². The third-order valence-corrected chi connectivity index (χ3v) is 3.69. The van der Waals surface area contributed by atoms with Gasteiger partial charge in [0.25, 0.3) is 17.7 Å². The number of hydrogen-bond donors (Lipinski definition) is 3. The monoisotopic (exact) mass is 337 g/mol. The number of carbonyl (C=O) groups is 3. The number of anilines is 1. The van der Waals surface area contributed by atoms with Gasteiger partial charge in [0.05, 0.1) is 17.2 Å². The maximum atomic E-state index is 12.2. The van der Waals surface area contributed by atoms with E-state index in [2.05, 4.69) is 5.32 Å². The number of amides is 3. The fraction of sp³-hybridized carbons (Fsp3) is 0.0588. The van der Waals surface area contributed by atoms with Gasteiger partial charge < -0.3 is 15.5 Å². The van der Waals surface area contributed by atoms with Gasteiger partial charge in [0.1, 0.15) is 6.54 Å². The Morgan fingerprint density at radius 1 is 1.04 bits per heavy atom. The van der Waals surface area contributed by atoms with Crippen LogP contribution in [0.3, 0.4) is 0 Å². The fourth-order valence-corrected chi connectivity index (χ4v) is 2.45. The zero-order valence-corrected chi connectivity index (χ0v) is 12.7. The molecular formula is C17H11N3O5. The molecule has 0 aliphatic carbocycles. The number of nitrogens with zero attached hydrogens (tertiary/aromatic N) is 2. The third kappa shape index (κ3) is 2.74. The van der Waals surface area contributed by atoms with Crippen LogP contribution in [0.25, 0.3) is 0 Å². The lowest BCUT2D eigenvalue weighted by Crippen LogP contribution is -2.29. The smallest absolute Gasteiger partial charge is 0.262 e. The van der Waals surface area contributed by atoms with Gasteiger partial charge in [-0.05, 0) is 36.4 Å². The van der Waals surface area contributed by atoms with E-state index in [-0.39, 0.29) is 34.7 Å². The van der Waals surface area contributed by atoms with Crippen LogP contribution in [0.4, 0.5) is 5.69 Å². The predicted molar refractivity (Wildman–Crippen MR) is 85.1 cm³/mol. The Hall–Kier alpha value is -3.86. The van der Waals surface area contributed by atoms with Crippen molar-refractivity contribution in [3.63, 3.8) is 0 Å². The molecule has 0 saturated carbocycles. The minimum absolute atomic E-state index is 0.101. The van der Waals surface area contributed by atoms with E-state index in [0.29, 0.717) is 0 Å². The maximum absolute atomic E-state index is 12.2. The van der Waals surface area contributed by atoms with Crippen LogP contribution in [0.5, 0.6) is 11.5 Å². The van der Waals surface area contributed by atoms with Gasteiger partial charge in [-0.1, -0.05) is 0 Å². The first-order chi connectivity index (χ1) is 11.9. The van der Waals surface area contributed by atoms with E-state index in [0.717, 1.165) is 11.0 Å². The molecule has 2 aromatic carbocycles. The summed E-state index contributed by atoms with van der Waals surface area (Å²) in [6, 6.07) is 9.56. The molecule has 25 heavy (non-hydrogen) atoms. The van der Waals surface area contributed by atoms with Crippen molar-refractivity contribution >= 4 is 23.4 Å². The van der Waals surface area contributed by atoms with Crippen molar-refractivity contribution in [1.82, 2.24) is 4.90 Å². The summed E-state index contributed by atoms with van der Waals surface area (Å²) in [6.07, 6.45) is 0. The van der Waals surface area contributed by atoms with Crippen LogP contribution in [0.1, 0.15) is 31.1 Å². The van der Waals surface area contributed by atoms with Gasteiger partial charge in [-0.3, -0.25) is 19.3 Å². The first kappa shape index (κ1) is 16.0. The van der Waals surface area contributed by atoms with Crippen molar-refractivity contribution in [1.29, 1.82) is 5.26 Å². The molecule has 2 aromatic rings. The topological polar surface area (TPSA) is 131 Å². The summed E-state index contributed by atoms with van der Waals surface area (Å²) in [7, 11) is 0. The molecule has 0 aromatic heterocycles. The Morgan fingerprint density at radius 3 is 2.44 bits per heavy atom. The number of carbonyl (C=O) groups excluding carboxylic acids is 3. The zero-order valence-electron chi connectivity index (χ0n) is 12.7. The van der Waals surface area contributed by atoms with E-state index in [1.807, 2.05) is 0 Å². The number of rotatable bonds is 3. The largest absolute Gasteiger partial charge is 0.504 e. The number of imide groups is 1. The van der Waals surface area contributed by atoms with Crippen LogP contribution in [0.15, 0.2) is 36.4 Å². The van der Waals surface area contributed by atoms with Crippen molar-refractivity contribution in [2.75, 3.05) is 11.9 Å². The van der Waals surface area contributed by atoms with E-state index < -0.39 is 23.5 Å². The van der Waals surface area contributed by atoms with Crippen LogP contribution in [-0.2, 0) is 0 Å². The molecule has 0 spiro atoms. The second-order valence-electron chi connectivity index (χ2n) is 5.27. The number of phenols is 2. The number of benzene rings is 2. The summed E-state index contributed by atoms with van der Waals surface area (Å²) < 4.78 is 0. The predicted octanol–water partition coefficient (Wildman–Crippen LogP) is 1.47. The highest BCUT2D eigenvalue weighted by Gasteiger charge is 2.35. The molecule has 0 atom stereocenters. The number of nitriles is 1. The average Bonchev–Trinajstić information content (AvgIpc) is 2.82. The summed E-state index contributed by atoms with van der Waals surface area (Å²) in [5.41, 5.74) is 0.646. The lowest BCUT2D eigenvalue weighted by atomic mass is 10.1. The van der Waals surface area contributed by atoms with Gasteiger partial charge in [-0.15, -0.1) is 0 Å². The van der Waals surface area contributed by atoms with Crippen molar-refractivity contribution in [3.05, 3.63) is 53.1 Å². The normalized spacial score (nSPS) is 12.7. The molecule has 3 amide bonds. The second-order valence-corrected chi connectivity index (χ2v) is 5.27. The lowest BCUT2D eigenvalue weighted by Gasteiger charge is -2.07. The molecule has 1 heterocycles. The van der Waals surface area contributed by atoms with E-state index >= 15 is 0 Å². The van der Waals surface area contributed by atoms with Crippen LogP contribution >= 0.6 is 0 Å². The number of hydrogen-bond acceptors (Lipinski definition) is 6. The molecule has 0 saturated heterocycles. The minimum atomic E-state index is -0.597. The Labute approximate surface area is 141 Å². The summed E-state index contributed by atoms with van der Waals surface area (Å²) in [5, 5.41) is 29.9. The number of aromatic hydroxyl groups is 2. The average molecular weight is 337 g/mol. The molecule has 1 aliphatic rings. The molecule has 1 aliphatic heterocycles. The van der Waals surface area contributed by atoms with Crippen molar-refractivity contribution in [2.24, 2.45) is 0 Å². The van der Waals surface area contributed by atoms with Gasteiger partial charge in [0.2, 0.25) is 0 Å². The van der Waals surface area contributed by atoms with Crippen LogP contribution in [-0.4, -0.2) is 39.4 Å². The summed E-state index contributed by atoms with van der Waals surface area (Å²) in [5.74, 6) is -2.51. The summed E-state index contributed by atoms with van der Waals surface area (Å²) in [4.78, 5) is 37.2. The maximum Gasteiger partial charge on any atom is 0.262 e. The summed E-state index contributed by atoms with van der Waals surface area (Å²) in [6.45, 7) is -0.346. The van der Waals surface area contributed by atoms with Gasteiger partial charge in [0, 0.05) is 11.3 Å². The Balaban J connectivity index is 1.86. The Kier molecular flexibility index (Phi) is 3.83. The molecule has 124 valence electrons. The molecule has 8 nitrogen and oxygen atoms in total. The molecule has 0 unspecified atom stereocenters. The standard InChI is InChI=1S/C17H11N3O5/c18-5-6-20-16(24)11-3-2-10(8-12(11)17(20)25)19-15(23)9-1-4-13(21)14(22)7-9/h1-4,7-8,21-22H,6H2,(H,19,23). The molecule has 8 heteroatoms. The first-order valence-corrected chi connectivity index (χ1v) is 7.13. The van der Waals surface area contributed by atoms with E-state index in [1.54, 1.807) is 6.07 Å². The zero-order chi connectivity index (χ0) is 18.1. The third-order valence-electron chi connectivity index (χ3n) is 3.69. The van der Waals surface area contributed by atoms with E-state index in [4.69, 9.17) is 5.26 Å². The molecule has 3 N–H and O–H groups in total. The quantitative estimate of drug-likeness (QED) is 0.441. The van der Waals surface area contributed by atoms with Crippen LogP contribution in [0.2, 0.25) is 0 Å². The van der Waals surface area contributed by atoms with Gasteiger partial charge >= 0.3 is 0 Å². The SMILES string of the molecule is N#CCN1C(=O)c2ccc(NC(=O)c3ccc(O)c(O)c3)cc2C1=O. The minimum Gasteiger partial charge on any atom is -0.504 e. The molecular weight excluding hydrogens is 326 g/mol. The van der Waals surface area contributed by atoms with Gasteiger partial charge in [-0.25, -0.2) is 0 Å². The van der Waals surface area contributed by atoms with Crippen LogP contribution < -0.4 is 5.32 Å². The number of phenolic OH excluding ortho intramolecular Hbond substituents is 2. The highest BCUT2D eigenvalue weighted by atomic mass is 16.3. The molecule has 0 fully saturated rings. The fourth-order valence-electron chi connectivity index (χ4n) is 2.45. The Bertz CT molecular complexity index is 961. The molecule has 0 bridgehead atoms. The van der Waals surface area contributed by atoms with E-state index in [1.165, 1.54) is 30.3 Å². The van der Waals surface area contributed by atoms with E-state index in [9.17, 15) is 24.6 Å². The number of nitrogens with one attached hydrogen (secondary N) is 1. The molecule has 0 radical (unpaired) electrons. The first-order valence-electron chi connectivity index (χ1n) is 7.13. The highest BCUT2D eigenvalue weighted by Crippen LogP contribution is 2.27. The molecule has 3 rings (SSSR count). The Morgan fingerprint density at radius 2 is 1.76 bits per heavy atom. The second kappa shape index (κ2) is 5.98. The highest BCUT2D eigenvalue weighted by molar-refractivity contribution is 6.22. The summed E-state index contributed by atoms with van der Waals surface area (Å²) >= 11 is 0. The number of fused-ring (bicyclic) bond motifs is 1. The van der Waals surface area contributed by atoms with Crippen molar-refractivity contribution < 1.29 is 24.6 Å². The van der Waals surface area contributed by atoms with Crippen molar-refractivity contribution in [3.8, 4) is 17.6 Å². The lowest BCUT2D eigenvalue weighted by molar-refractivity contribution is 0.0673. The van der Waals surface area contributed by atoms with Gasteiger partial charge in [-0.2, -0.15) is 5.26 Å².